The summed E-state index contributed by atoms with van der Waals surface area (Å²) in [5.41, 5.74) is 0.784. The number of amides is 1. The fourth-order valence-electron chi connectivity index (χ4n) is 3.67. The lowest BCUT2D eigenvalue weighted by Crippen LogP contribution is -2.42. The van der Waals surface area contributed by atoms with Crippen molar-refractivity contribution < 1.29 is 13.2 Å². The van der Waals surface area contributed by atoms with Crippen LogP contribution in [0, 0.1) is 11.8 Å². The Balaban J connectivity index is 1.81. The highest BCUT2D eigenvalue weighted by molar-refractivity contribution is 7.89. The van der Waals surface area contributed by atoms with Gasteiger partial charge in [0.05, 0.1) is 4.90 Å². The molecule has 2 atom stereocenters. The molecule has 0 saturated carbocycles. The molecule has 0 N–H and O–H groups in total. The Hall–Kier alpha value is -1.40. The molecular weight excluding hydrogens is 312 g/mol. The summed E-state index contributed by atoms with van der Waals surface area (Å²) in [6.07, 6.45) is 2.51. The molecule has 1 amide bonds. The maximum absolute atomic E-state index is 12.8. The van der Waals surface area contributed by atoms with Crippen molar-refractivity contribution in [2.24, 2.45) is 11.8 Å². The second-order valence-electron chi connectivity index (χ2n) is 6.91. The highest BCUT2D eigenvalue weighted by Gasteiger charge is 2.32. The molecule has 6 heteroatoms. The summed E-state index contributed by atoms with van der Waals surface area (Å²) in [6, 6.07) is 6.74. The van der Waals surface area contributed by atoms with Crippen molar-refractivity contribution >= 4 is 21.6 Å². The number of rotatable bonds is 3. The SMILES string of the molecule is C[C@@H]1C[C@H](C)CN(S(=O)(=O)c2ccc(N3CCCC3=O)cc2)C1. The van der Waals surface area contributed by atoms with Crippen molar-refractivity contribution in [1.82, 2.24) is 4.31 Å². The number of sulfonamides is 1. The Labute approximate surface area is 138 Å². The van der Waals surface area contributed by atoms with Crippen LogP contribution in [0.2, 0.25) is 0 Å². The van der Waals surface area contributed by atoms with Gasteiger partial charge < -0.3 is 4.90 Å². The van der Waals surface area contributed by atoms with Gasteiger partial charge in [-0.1, -0.05) is 13.8 Å². The zero-order chi connectivity index (χ0) is 16.6. The highest BCUT2D eigenvalue weighted by Crippen LogP contribution is 2.28. The Bertz CT molecular complexity index is 674. The third kappa shape index (κ3) is 3.28. The summed E-state index contributed by atoms with van der Waals surface area (Å²) in [5, 5.41) is 0. The number of piperidine rings is 1. The molecule has 2 saturated heterocycles. The summed E-state index contributed by atoms with van der Waals surface area (Å²) < 4.78 is 27.2. The summed E-state index contributed by atoms with van der Waals surface area (Å²) in [4.78, 5) is 13.8. The molecule has 5 nitrogen and oxygen atoms in total. The first-order chi connectivity index (χ1) is 10.9. The predicted octanol–water partition coefficient (Wildman–Crippen LogP) is 2.48. The van der Waals surface area contributed by atoms with E-state index >= 15 is 0 Å². The molecule has 0 aromatic heterocycles. The first kappa shape index (κ1) is 16.5. The minimum atomic E-state index is -3.45. The number of hydrogen-bond donors (Lipinski definition) is 0. The molecule has 1 aromatic rings. The molecule has 23 heavy (non-hydrogen) atoms. The largest absolute Gasteiger partial charge is 0.312 e. The first-order valence-corrected chi connectivity index (χ1v) is 9.72. The van der Waals surface area contributed by atoms with E-state index in [1.165, 1.54) is 0 Å². The smallest absolute Gasteiger partial charge is 0.243 e. The van der Waals surface area contributed by atoms with Crippen LogP contribution < -0.4 is 4.90 Å². The average Bonchev–Trinajstić information content (AvgIpc) is 2.92. The summed E-state index contributed by atoms with van der Waals surface area (Å²) in [6.45, 7) is 6.07. The van der Waals surface area contributed by atoms with E-state index in [4.69, 9.17) is 0 Å². The van der Waals surface area contributed by atoms with E-state index < -0.39 is 10.0 Å². The molecule has 0 unspecified atom stereocenters. The van der Waals surface area contributed by atoms with E-state index in [1.54, 1.807) is 33.5 Å². The Morgan fingerprint density at radius 2 is 1.65 bits per heavy atom. The van der Waals surface area contributed by atoms with Crippen LogP contribution in [0.15, 0.2) is 29.2 Å². The van der Waals surface area contributed by atoms with Crippen LogP contribution in [0.1, 0.15) is 33.1 Å². The number of nitrogens with zero attached hydrogens (tertiary/aromatic N) is 2. The fraction of sp³-hybridized carbons (Fsp3) is 0.588. The molecule has 3 rings (SSSR count). The molecule has 0 spiro atoms. The zero-order valence-corrected chi connectivity index (χ0v) is 14.6. The van der Waals surface area contributed by atoms with E-state index in [-0.39, 0.29) is 5.91 Å². The number of anilines is 1. The van der Waals surface area contributed by atoms with Gasteiger partial charge in [0.1, 0.15) is 0 Å². The topological polar surface area (TPSA) is 57.7 Å². The van der Waals surface area contributed by atoms with Gasteiger partial charge in [-0.25, -0.2) is 8.42 Å². The van der Waals surface area contributed by atoms with Gasteiger partial charge in [-0.15, -0.1) is 0 Å². The van der Waals surface area contributed by atoms with Gasteiger partial charge in [0.2, 0.25) is 15.9 Å². The molecule has 0 radical (unpaired) electrons. The van der Waals surface area contributed by atoms with Crippen LogP contribution in [0.4, 0.5) is 5.69 Å². The summed E-state index contributed by atoms with van der Waals surface area (Å²) in [5.74, 6) is 0.879. The lowest BCUT2D eigenvalue weighted by Gasteiger charge is -2.34. The fourth-order valence-corrected chi connectivity index (χ4v) is 5.35. The monoisotopic (exact) mass is 336 g/mol. The molecule has 2 fully saturated rings. The second-order valence-corrected chi connectivity index (χ2v) is 8.85. The summed E-state index contributed by atoms with van der Waals surface area (Å²) >= 11 is 0. The number of hydrogen-bond acceptors (Lipinski definition) is 3. The molecular formula is C17H24N2O3S. The summed E-state index contributed by atoms with van der Waals surface area (Å²) in [7, 11) is -3.45. The van der Waals surface area contributed by atoms with Crippen molar-refractivity contribution in [3.05, 3.63) is 24.3 Å². The van der Waals surface area contributed by atoms with E-state index in [0.717, 1.165) is 18.5 Å². The Kier molecular flexibility index (Phi) is 4.47. The third-order valence-corrected chi connectivity index (χ3v) is 6.54. The average molecular weight is 336 g/mol. The second kappa shape index (κ2) is 6.24. The van der Waals surface area contributed by atoms with E-state index in [1.807, 2.05) is 0 Å². The van der Waals surface area contributed by atoms with Gasteiger partial charge >= 0.3 is 0 Å². The third-order valence-electron chi connectivity index (χ3n) is 4.69. The van der Waals surface area contributed by atoms with Gasteiger partial charge in [-0.3, -0.25) is 4.79 Å². The lowest BCUT2D eigenvalue weighted by molar-refractivity contribution is -0.117. The minimum Gasteiger partial charge on any atom is -0.312 e. The quantitative estimate of drug-likeness (QED) is 0.852. The number of benzene rings is 1. The van der Waals surface area contributed by atoms with Crippen molar-refractivity contribution in [3.63, 3.8) is 0 Å². The van der Waals surface area contributed by atoms with E-state index in [0.29, 0.717) is 42.8 Å². The van der Waals surface area contributed by atoms with Crippen molar-refractivity contribution in [2.75, 3.05) is 24.5 Å². The first-order valence-electron chi connectivity index (χ1n) is 8.28. The number of carbonyl (C=O) groups excluding carboxylic acids is 1. The standard InChI is InChI=1S/C17H24N2O3S/c1-13-10-14(2)12-18(11-13)23(21,22)16-7-5-15(6-8-16)19-9-3-4-17(19)20/h5-8,13-14H,3-4,9-12H2,1-2H3/t13-,14+. The molecule has 2 aliphatic rings. The van der Waals surface area contributed by atoms with Gasteiger partial charge in [-0.05, 0) is 48.9 Å². The highest BCUT2D eigenvalue weighted by atomic mass is 32.2. The van der Waals surface area contributed by atoms with Crippen LogP contribution >= 0.6 is 0 Å². The molecule has 2 aliphatic heterocycles. The van der Waals surface area contributed by atoms with Crippen LogP contribution in [0.3, 0.4) is 0 Å². The lowest BCUT2D eigenvalue weighted by atomic mass is 9.94. The van der Waals surface area contributed by atoms with Crippen LogP contribution in [0.25, 0.3) is 0 Å². The zero-order valence-electron chi connectivity index (χ0n) is 13.7. The molecule has 2 heterocycles. The van der Waals surface area contributed by atoms with Gasteiger partial charge in [0, 0.05) is 31.7 Å². The Morgan fingerprint density at radius 3 is 2.17 bits per heavy atom. The van der Waals surface area contributed by atoms with Crippen LogP contribution in [-0.4, -0.2) is 38.3 Å². The van der Waals surface area contributed by atoms with Crippen molar-refractivity contribution in [1.29, 1.82) is 0 Å². The predicted molar refractivity (Wildman–Crippen MR) is 89.7 cm³/mol. The normalized spacial score (nSPS) is 26.7. The van der Waals surface area contributed by atoms with Gasteiger partial charge in [0.15, 0.2) is 0 Å². The van der Waals surface area contributed by atoms with Gasteiger partial charge in [0.25, 0.3) is 0 Å². The van der Waals surface area contributed by atoms with Crippen LogP contribution in [-0.2, 0) is 14.8 Å². The van der Waals surface area contributed by atoms with Crippen molar-refractivity contribution in [2.45, 2.75) is 38.0 Å². The molecule has 0 bridgehead atoms. The molecule has 0 aliphatic carbocycles. The Morgan fingerprint density at radius 1 is 1.04 bits per heavy atom. The maximum Gasteiger partial charge on any atom is 0.243 e. The van der Waals surface area contributed by atoms with E-state index in [9.17, 15) is 13.2 Å². The van der Waals surface area contributed by atoms with Crippen LogP contribution in [0.5, 0.6) is 0 Å². The van der Waals surface area contributed by atoms with Crippen molar-refractivity contribution in [3.8, 4) is 0 Å². The maximum atomic E-state index is 12.8. The molecule has 1 aromatic carbocycles. The van der Waals surface area contributed by atoms with E-state index in [2.05, 4.69) is 13.8 Å². The van der Waals surface area contributed by atoms with Gasteiger partial charge in [-0.2, -0.15) is 4.31 Å². The minimum absolute atomic E-state index is 0.110. The molecule has 126 valence electrons. The number of carbonyl (C=O) groups is 1.